The molecule has 1 N–H and O–H groups in total. The molecule has 3 aromatic carbocycles. The van der Waals surface area contributed by atoms with Crippen LogP contribution in [-0.2, 0) is 0 Å². The quantitative estimate of drug-likeness (QED) is 0.530. The average molecular weight is 394 g/mol. The van der Waals surface area contributed by atoms with E-state index in [2.05, 4.69) is 5.32 Å². The highest BCUT2D eigenvalue weighted by molar-refractivity contribution is 6.31. The van der Waals surface area contributed by atoms with Gasteiger partial charge in [0.25, 0.3) is 5.91 Å². The van der Waals surface area contributed by atoms with Crippen LogP contribution in [0.5, 0.6) is 5.75 Å². The predicted octanol–water partition coefficient (Wildman–Crippen LogP) is 5.61. The van der Waals surface area contributed by atoms with Gasteiger partial charge in [0.1, 0.15) is 5.75 Å². The Labute approximate surface area is 169 Å². The van der Waals surface area contributed by atoms with Crippen LogP contribution in [0.3, 0.4) is 0 Å². The summed E-state index contributed by atoms with van der Waals surface area (Å²) in [5.74, 6) is 0.193. The van der Waals surface area contributed by atoms with Crippen LogP contribution in [0.15, 0.2) is 72.8 Å². The SMILES string of the molecule is CCCOc1ccc(C(=O)Nc2ccc(Cl)cc2C(=O)c2ccccc2)cc1. The summed E-state index contributed by atoms with van der Waals surface area (Å²) >= 11 is 6.08. The Morgan fingerprint density at radius 1 is 0.929 bits per heavy atom. The Kier molecular flexibility index (Phi) is 6.45. The van der Waals surface area contributed by atoms with Crippen LogP contribution in [0.4, 0.5) is 5.69 Å². The van der Waals surface area contributed by atoms with E-state index < -0.39 is 0 Å². The van der Waals surface area contributed by atoms with Gasteiger partial charge < -0.3 is 10.1 Å². The normalized spacial score (nSPS) is 10.4. The fourth-order valence-corrected chi connectivity index (χ4v) is 2.85. The van der Waals surface area contributed by atoms with Gasteiger partial charge in [0.05, 0.1) is 12.3 Å². The van der Waals surface area contributed by atoms with Gasteiger partial charge in [0, 0.05) is 21.7 Å². The molecule has 0 saturated heterocycles. The Balaban J connectivity index is 1.82. The van der Waals surface area contributed by atoms with Crippen LogP contribution in [0, 0.1) is 0 Å². The summed E-state index contributed by atoms with van der Waals surface area (Å²) in [5.41, 5.74) is 1.75. The van der Waals surface area contributed by atoms with Gasteiger partial charge in [-0.25, -0.2) is 0 Å². The summed E-state index contributed by atoms with van der Waals surface area (Å²) in [5, 5.41) is 3.23. The Morgan fingerprint density at radius 2 is 1.64 bits per heavy atom. The highest BCUT2D eigenvalue weighted by Gasteiger charge is 2.16. The Bertz CT molecular complexity index is 969. The monoisotopic (exact) mass is 393 g/mol. The van der Waals surface area contributed by atoms with Gasteiger partial charge in [0.2, 0.25) is 0 Å². The van der Waals surface area contributed by atoms with Crippen molar-refractivity contribution in [3.8, 4) is 5.75 Å². The fraction of sp³-hybridized carbons (Fsp3) is 0.130. The minimum Gasteiger partial charge on any atom is -0.494 e. The van der Waals surface area contributed by atoms with Gasteiger partial charge in [-0.15, -0.1) is 0 Å². The molecule has 0 fully saturated rings. The van der Waals surface area contributed by atoms with Crippen molar-refractivity contribution >= 4 is 29.0 Å². The summed E-state index contributed by atoms with van der Waals surface area (Å²) in [7, 11) is 0. The van der Waals surface area contributed by atoms with Crippen molar-refractivity contribution in [1.29, 1.82) is 0 Å². The zero-order valence-corrected chi connectivity index (χ0v) is 16.2. The van der Waals surface area contributed by atoms with Crippen molar-refractivity contribution in [1.82, 2.24) is 0 Å². The van der Waals surface area contributed by atoms with Crippen molar-refractivity contribution < 1.29 is 14.3 Å². The molecule has 0 spiro atoms. The fourth-order valence-electron chi connectivity index (χ4n) is 2.68. The van der Waals surface area contributed by atoms with Gasteiger partial charge in [0.15, 0.2) is 5.78 Å². The van der Waals surface area contributed by atoms with Crippen molar-refractivity contribution in [3.05, 3.63) is 94.5 Å². The number of rotatable bonds is 7. The van der Waals surface area contributed by atoms with Gasteiger partial charge in [-0.3, -0.25) is 9.59 Å². The number of nitrogens with one attached hydrogen (secondary N) is 1. The minimum absolute atomic E-state index is 0.207. The van der Waals surface area contributed by atoms with Crippen LogP contribution in [0.25, 0.3) is 0 Å². The molecule has 0 atom stereocenters. The molecule has 0 aliphatic rings. The molecule has 1 amide bonds. The van der Waals surface area contributed by atoms with Crippen molar-refractivity contribution in [3.63, 3.8) is 0 Å². The van der Waals surface area contributed by atoms with E-state index in [0.29, 0.717) is 39.8 Å². The molecular weight excluding hydrogens is 374 g/mol. The van der Waals surface area contributed by atoms with E-state index in [4.69, 9.17) is 16.3 Å². The number of amides is 1. The van der Waals surface area contributed by atoms with Gasteiger partial charge in [-0.05, 0) is 48.9 Å². The molecule has 0 radical (unpaired) electrons. The van der Waals surface area contributed by atoms with Crippen molar-refractivity contribution in [2.75, 3.05) is 11.9 Å². The van der Waals surface area contributed by atoms with Gasteiger partial charge in [-0.2, -0.15) is 0 Å². The Hall–Kier alpha value is -3.11. The number of ether oxygens (including phenoxy) is 1. The Morgan fingerprint density at radius 3 is 2.32 bits per heavy atom. The molecule has 28 heavy (non-hydrogen) atoms. The number of halogens is 1. The first-order valence-electron chi connectivity index (χ1n) is 9.02. The molecule has 142 valence electrons. The van der Waals surface area contributed by atoms with E-state index >= 15 is 0 Å². The topological polar surface area (TPSA) is 55.4 Å². The molecule has 5 heteroatoms. The third kappa shape index (κ3) is 4.78. The molecule has 0 aliphatic heterocycles. The summed E-state index contributed by atoms with van der Waals surface area (Å²) in [4.78, 5) is 25.5. The first kappa shape index (κ1) is 19.6. The molecule has 0 unspecified atom stereocenters. The molecule has 0 saturated carbocycles. The molecular formula is C23H20ClNO3. The van der Waals surface area contributed by atoms with Crippen molar-refractivity contribution in [2.45, 2.75) is 13.3 Å². The molecule has 0 heterocycles. The molecule has 4 nitrogen and oxygen atoms in total. The van der Waals surface area contributed by atoms with Gasteiger partial charge >= 0.3 is 0 Å². The number of carbonyl (C=O) groups excluding carboxylic acids is 2. The number of ketones is 1. The summed E-state index contributed by atoms with van der Waals surface area (Å²) in [6, 6.07) is 20.6. The molecule has 3 rings (SSSR count). The number of anilines is 1. The zero-order valence-electron chi connectivity index (χ0n) is 15.4. The first-order valence-corrected chi connectivity index (χ1v) is 9.40. The summed E-state index contributed by atoms with van der Waals surface area (Å²) in [6.45, 7) is 2.66. The second-order valence-electron chi connectivity index (χ2n) is 6.21. The maximum atomic E-state index is 12.9. The number of hydrogen-bond donors (Lipinski definition) is 1. The lowest BCUT2D eigenvalue weighted by atomic mass is 10.0. The lowest BCUT2D eigenvalue weighted by Crippen LogP contribution is -2.15. The second-order valence-corrected chi connectivity index (χ2v) is 6.65. The number of benzene rings is 3. The van der Waals surface area contributed by atoms with Crippen molar-refractivity contribution in [2.24, 2.45) is 0 Å². The van der Waals surface area contributed by atoms with Crippen LogP contribution >= 0.6 is 11.6 Å². The zero-order chi connectivity index (χ0) is 19.9. The standard InChI is InChI=1S/C23H20ClNO3/c1-2-14-28-19-11-8-17(9-12-19)23(27)25-21-13-10-18(24)15-20(21)22(26)16-6-4-3-5-7-16/h3-13,15H,2,14H2,1H3,(H,25,27). The summed E-state index contributed by atoms with van der Waals surface area (Å²) in [6.07, 6.45) is 0.914. The van der Waals surface area contributed by atoms with Crippen LogP contribution in [-0.4, -0.2) is 18.3 Å². The van der Waals surface area contributed by atoms with E-state index in [9.17, 15) is 9.59 Å². The molecule has 0 aliphatic carbocycles. The van der Waals surface area contributed by atoms with E-state index in [0.717, 1.165) is 6.42 Å². The maximum Gasteiger partial charge on any atom is 0.255 e. The van der Waals surface area contributed by atoms with E-state index in [-0.39, 0.29) is 11.7 Å². The molecule has 3 aromatic rings. The minimum atomic E-state index is -0.313. The third-order valence-corrected chi connectivity index (χ3v) is 4.33. The van der Waals surface area contributed by atoms with E-state index in [1.165, 1.54) is 0 Å². The highest BCUT2D eigenvalue weighted by Crippen LogP contribution is 2.24. The van der Waals surface area contributed by atoms with Crippen LogP contribution < -0.4 is 10.1 Å². The highest BCUT2D eigenvalue weighted by atomic mass is 35.5. The molecule has 0 bridgehead atoms. The van der Waals surface area contributed by atoms with Crippen LogP contribution in [0.2, 0.25) is 5.02 Å². The lowest BCUT2D eigenvalue weighted by molar-refractivity contribution is 0.102. The number of hydrogen-bond acceptors (Lipinski definition) is 3. The predicted molar refractivity (Wildman–Crippen MR) is 112 cm³/mol. The first-order chi connectivity index (χ1) is 13.6. The smallest absolute Gasteiger partial charge is 0.255 e. The van der Waals surface area contributed by atoms with Crippen LogP contribution in [0.1, 0.15) is 39.6 Å². The number of carbonyl (C=O) groups is 2. The molecule has 0 aromatic heterocycles. The third-order valence-electron chi connectivity index (χ3n) is 4.10. The van der Waals surface area contributed by atoms with E-state index in [1.54, 1.807) is 66.7 Å². The van der Waals surface area contributed by atoms with E-state index in [1.807, 2.05) is 13.0 Å². The maximum absolute atomic E-state index is 12.9. The average Bonchev–Trinajstić information content (AvgIpc) is 2.74. The lowest BCUT2D eigenvalue weighted by Gasteiger charge is -2.12. The summed E-state index contributed by atoms with van der Waals surface area (Å²) < 4.78 is 5.53. The van der Waals surface area contributed by atoms with Gasteiger partial charge in [-0.1, -0.05) is 48.9 Å². The largest absolute Gasteiger partial charge is 0.494 e. The second kappa shape index (κ2) is 9.20.